The molecular weight excluding hydrogens is 415 g/mol. The van der Waals surface area contributed by atoms with Crippen LogP contribution in [0.3, 0.4) is 0 Å². The van der Waals surface area contributed by atoms with E-state index in [2.05, 4.69) is 15.4 Å². The van der Waals surface area contributed by atoms with Crippen molar-refractivity contribution >= 4 is 17.3 Å². The molecule has 0 aromatic heterocycles. The molecular formula is C21H28F3N3O4. The smallest absolute Gasteiger partial charge is 0.418 e. The molecule has 0 radical (unpaired) electrons. The number of halogens is 3. The Morgan fingerprint density at radius 1 is 1.03 bits per heavy atom. The molecule has 0 aliphatic rings. The number of rotatable bonds is 9. The van der Waals surface area contributed by atoms with Gasteiger partial charge in [-0.05, 0) is 30.3 Å². The lowest BCUT2D eigenvalue weighted by Crippen LogP contribution is -2.17. The van der Waals surface area contributed by atoms with Gasteiger partial charge in [0, 0.05) is 50.3 Å². The molecule has 4 N–H and O–H groups in total. The van der Waals surface area contributed by atoms with Gasteiger partial charge in [0.1, 0.15) is 5.75 Å². The summed E-state index contributed by atoms with van der Waals surface area (Å²) < 4.78 is 54.4. The molecule has 31 heavy (non-hydrogen) atoms. The highest BCUT2D eigenvalue weighted by atomic mass is 19.4. The normalized spacial score (nSPS) is 10.7. The Labute approximate surface area is 179 Å². The van der Waals surface area contributed by atoms with Crippen molar-refractivity contribution in [3.8, 4) is 5.75 Å². The number of ether oxygens (including phenoxy) is 3. The largest absolute Gasteiger partial charge is 0.497 e. The lowest BCUT2D eigenvalue weighted by Gasteiger charge is -2.16. The van der Waals surface area contributed by atoms with E-state index in [-0.39, 0.29) is 24.4 Å². The maximum atomic E-state index is 13.3. The zero-order chi connectivity index (χ0) is 23.3. The molecule has 0 atom stereocenters. The van der Waals surface area contributed by atoms with Crippen LogP contribution in [0.25, 0.3) is 0 Å². The lowest BCUT2D eigenvalue weighted by atomic mass is 10.1. The summed E-state index contributed by atoms with van der Waals surface area (Å²) in [5, 5.41) is 5.22. The van der Waals surface area contributed by atoms with Gasteiger partial charge in [-0.1, -0.05) is 6.07 Å². The number of hydrogen-bond acceptors (Lipinski definition) is 6. The van der Waals surface area contributed by atoms with Crippen molar-refractivity contribution in [2.45, 2.75) is 6.18 Å². The van der Waals surface area contributed by atoms with E-state index in [1.54, 1.807) is 31.4 Å². The van der Waals surface area contributed by atoms with Gasteiger partial charge in [-0.15, -0.1) is 0 Å². The highest BCUT2D eigenvalue weighted by Gasteiger charge is 2.34. The van der Waals surface area contributed by atoms with E-state index < -0.39 is 17.6 Å². The number of carbonyl (C=O) groups excluding carboxylic acids is 1. The Morgan fingerprint density at radius 2 is 1.74 bits per heavy atom. The van der Waals surface area contributed by atoms with E-state index >= 15 is 0 Å². The number of hydrogen-bond donors (Lipinski definition) is 3. The minimum atomic E-state index is -4.60. The molecule has 0 heterocycles. The van der Waals surface area contributed by atoms with Crippen LogP contribution in [0, 0.1) is 0 Å². The number of nitrogens with two attached hydrogens (primary N) is 1. The molecule has 7 nitrogen and oxygen atoms in total. The monoisotopic (exact) mass is 443 g/mol. The van der Waals surface area contributed by atoms with E-state index in [0.717, 1.165) is 6.07 Å². The number of benzene rings is 2. The summed E-state index contributed by atoms with van der Waals surface area (Å²) >= 11 is 0. The van der Waals surface area contributed by atoms with Gasteiger partial charge >= 0.3 is 6.18 Å². The third-order valence-electron chi connectivity index (χ3n) is 3.86. The van der Waals surface area contributed by atoms with Crippen LogP contribution in [0.5, 0.6) is 5.75 Å². The molecule has 0 spiro atoms. The second-order valence-corrected chi connectivity index (χ2v) is 6.15. The lowest BCUT2D eigenvalue weighted by molar-refractivity contribution is -0.137. The maximum absolute atomic E-state index is 13.3. The molecule has 0 fully saturated rings. The minimum absolute atomic E-state index is 0.0996. The molecule has 172 valence electrons. The van der Waals surface area contributed by atoms with Crippen LogP contribution in [-0.4, -0.2) is 53.5 Å². The topological polar surface area (TPSA) is 94.8 Å². The summed E-state index contributed by atoms with van der Waals surface area (Å²) in [5.41, 5.74) is 4.32. The van der Waals surface area contributed by atoms with Crippen molar-refractivity contribution in [2.24, 2.45) is 5.73 Å². The Hall–Kier alpha value is -2.82. The van der Waals surface area contributed by atoms with Crippen molar-refractivity contribution in [1.29, 1.82) is 0 Å². The molecule has 2 aromatic rings. The average Bonchev–Trinajstić information content (AvgIpc) is 2.74. The summed E-state index contributed by atoms with van der Waals surface area (Å²) in [6.07, 6.45) is -4.60. The summed E-state index contributed by atoms with van der Waals surface area (Å²) in [4.78, 5) is 12.3. The number of methoxy groups -OCH3 is 3. The standard InChI is InChI=1S/C18H19F3N2O3.C3H9NO/c1-25-9-8-22-16-7-6-12(10-15(16)18(19,20)21)17(24)23-13-4-3-5-14(11-13)26-2;1-5-3-2-4/h3-7,10-11,22H,8-9H2,1-2H3,(H,23,24);2-4H2,1H3. The average molecular weight is 443 g/mol. The van der Waals surface area contributed by atoms with Crippen LogP contribution in [0.4, 0.5) is 24.5 Å². The molecule has 0 aliphatic heterocycles. The predicted octanol–water partition coefficient (Wildman–Crippen LogP) is 3.62. The van der Waals surface area contributed by atoms with Gasteiger partial charge in [0.15, 0.2) is 0 Å². The molecule has 10 heteroatoms. The Balaban J connectivity index is 0.000000861. The van der Waals surface area contributed by atoms with Crippen LogP contribution in [-0.2, 0) is 15.7 Å². The van der Waals surface area contributed by atoms with E-state index in [0.29, 0.717) is 24.6 Å². The number of nitrogens with one attached hydrogen (secondary N) is 2. The predicted molar refractivity (Wildman–Crippen MR) is 114 cm³/mol. The number of anilines is 2. The molecule has 0 aliphatic carbocycles. The van der Waals surface area contributed by atoms with E-state index in [1.807, 2.05) is 0 Å². The zero-order valence-electron chi connectivity index (χ0n) is 17.7. The summed E-state index contributed by atoms with van der Waals surface area (Å²) in [7, 11) is 4.57. The Bertz CT molecular complexity index is 815. The van der Waals surface area contributed by atoms with Crippen LogP contribution in [0.2, 0.25) is 0 Å². The minimum Gasteiger partial charge on any atom is -0.497 e. The first-order chi connectivity index (χ1) is 14.8. The fraction of sp³-hybridized carbons (Fsp3) is 0.381. The second kappa shape index (κ2) is 13.5. The summed E-state index contributed by atoms with van der Waals surface area (Å²) in [5.74, 6) is -0.122. The van der Waals surface area contributed by atoms with E-state index in [4.69, 9.17) is 15.2 Å². The first-order valence-electron chi connectivity index (χ1n) is 9.35. The molecule has 0 bridgehead atoms. The van der Waals surface area contributed by atoms with Gasteiger partial charge in [0.05, 0.1) is 25.9 Å². The van der Waals surface area contributed by atoms with Crippen LogP contribution >= 0.6 is 0 Å². The molecule has 2 rings (SSSR count). The number of amides is 1. The van der Waals surface area contributed by atoms with Crippen molar-refractivity contribution in [3.05, 3.63) is 53.6 Å². The van der Waals surface area contributed by atoms with Gasteiger partial charge in [-0.2, -0.15) is 13.2 Å². The van der Waals surface area contributed by atoms with Crippen molar-refractivity contribution < 1.29 is 32.2 Å². The first-order valence-corrected chi connectivity index (χ1v) is 9.35. The Morgan fingerprint density at radius 3 is 2.29 bits per heavy atom. The van der Waals surface area contributed by atoms with Gasteiger partial charge in [0.25, 0.3) is 5.91 Å². The third kappa shape index (κ3) is 9.24. The van der Waals surface area contributed by atoms with Gasteiger partial charge in [-0.3, -0.25) is 4.79 Å². The van der Waals surface area contributed by atoms with Crippen LogP contribution in [0.1, 0.15) is 15.9 Å². The highest BCUT2D eigenvalue weighted by Crippen LogP contribution is 2.35. The molecule has 0 saturated carbocycles. The zero-order valence-corrected chi connectivity index (χ0v) is 17.7. The van der Waals surface area contributed by atoms with Crippen molar-refractivity contribution in [1.82, 2.24) is 0 Å². The SMILES string of the molecule is COCCN.COCCNc1ccc(C(=O)Nc2cccc(OC)c2)cc1C(F)(F)F. The van der Waals surface area contributed by atoms with Crippen LogP contribution < -0.4 is 21.1 Å². The van der Waals surface area contributed by atoms with Gasteiger partial charge in [0.2, 0.25) is 0 Å². The fourth-order valence-electron chi connectivity index (χ4n) is 2.38. The Kier molecular flexibility index (Phi) is 11.4. The van der Waals surface area contributed by atoms with E-state index in [9.17, 15) is 18.0 Å². The van der Waals surface area contributed by atoms with Crippen molar-refractivity contribution in [2.75, 3.05) is 58.3 Å². The van der Waals surface area contributed by atoms with Gasteiger partial charge < -0.3 is 30.6 Å². The fourth-order valence-corrected chi connectivity index (χ4v) is 2.38. The third-order valence-corrected chi connectivity index (χ3v) is 3.86. The first kappa shape index (κ1) is 26.2. The molecule has 1 amide bonds. The summed E-state index contributed by atoms with van der Waals surface area (Å²) in [6.45, 7) is 1.76. The van der Waals surface area contributed by atoms with E-state index in [1.165, 1.54) is 26.4 Å². The maximum Gasteiger partial charge on any atom is 0.418 e. The highest BCUT2D eigenvalue weighted by molar-refractivity contribution is 6.04. The number of carbonyl (C=O) groups is 1. The van der Waals surface area contributed by atoms with Crippen LogP contribution in [0.15, 0.2) is 42.5 Å². The summed E-state index contributed by atoms with van der Waals surface area (Å²) in [6, 6.07) is 9.94. The molecule has 2 aromatic carbocycles. The molecule has 0 unspecified atom stereocenters. The second-order valence-electron chi connectivity index (χ2n) is 6.15. The number of alkyl halides is 3. The van der Waals surface area contributed by atoms with Gasteiger partial charge in [-0.25, -0.2) is 0 Å². The molecule has 0 saturated heterocycles. The quantitative estimate of drug-likeness (QED) is 0.513. The van der Waals surface area contributed by atoms with Crippen molar-refractivity contribution in [3.63, 3.8) is 0 Å².